The molecule has 6 nitrogen and oxygen atoms in total. The molecule has 1 N–H and O–H groups in total. The van der Waals surface area contributed by atoms with Crippen LogP contribution in [0.4, 0.5) is 0 Å². The summed E-state index contributed by atoms with van der Waals surface area (Å²) in [5.74, 6) is 2.11. The minimum absolute atomic E-state index is 0.412. The number of hydrogen-bond donors (Lipinski definition) is 1. The summed E-state index contributed by atoms with van der Waals surface area (Å²) in [6.45, 7) is 0.959. The average Bonchev–Trinajstić information content (AvgIpc) is 2.81. The molecule has 0 aliphatic carbocycles. The van der Waals surface area contributed by atoms with E-state index in [9.17, 15) is 0 Å². The first-order valence-corrected chi connectivity index (χ1v) is 9.41. The summed E-state index contributed by atoms with van der Waals surface area (Å²) in [5, 5.41) is 13.2. The molecule has 0 bridgehead atoms. The Morgan fingerprint density at radius 1 is 0.900 bits per heavy atom. The van der Waals surface area contributed by atoms with Gasteiger partial charge in [0.1, 0.15) is 12.4 Å². The van der Waals surface area contributed by atoms with Crippen LogP contribution in [0.25, 0.3) is 0 Å². The van der Waals surface area contributed by atoms with Crippen LogP contribution in [0.15, 0.2) is 71.8 Å². The van der Waals surface area contributed by atoms with Crippen LogP contribution in [0.2, 0.25) is 0 Å². The maximum atomic E-state index is 8.88. The summed E-state index contributed by atoms with van der Waals surface area (Å²) >= 11 is 0. The fourth-order valence-corrected chi connectivity index (χ4v) is 2.80. The van der Waals surface area contributed by atoms with E-state index >= 15 is 0 Å². The third-order valence-electron chi connectivity index (χ3n) is 4.42. The molecule has 30 heavy (non-hydrogen) atoms. The summed E-state index contributed by atoms with van der Waals surface area (Å²) in [6.07, 6.45) is 1.73. The number of nitrogens with zero attached hydrogens (tertiary/aromatic N) is 2. The number of ether oxygens (including phenoxy) is 3. The van der Waals surface area contributed by atoms with Gasteiger partial charge >= 0.3 is 0 Å². The van der Waals surface area contributed by atoms with Gasteiger partial charge in [-0.2, -0.15) is 10.4 Å². The molecule has 6 heteroatoms. The predicted molar refractivity (Wildman–Crippen MR) is 116 cm³/mol. The van der Waals surface area contributed by atoms with Crippen LogP contribution in [0.1, 0.15) is 22.3 Å². The van der Waals surface area contributed by atoms with Gasteiger partial charge in [-0.05, 0) is 47.5 Å². The molecule has 0 saturated carbocycles. The monoisotopic (exact) mass is 401 g/mol. The molecular weight excluding hydrogens is 378 g/mol. The van der Waals surface area contributed by atoms with E-state index in [4.69, 9.17) is 19.5 Å². The van der Waals surface area contributed by atoms with Gasteiger partial charge in [0.15, 0.2) is 11.5 Å². The lowest BCUT2D eigenvalue weighted by atomic mass is 10.1. The van der Waals surface area contributed by atoms with E-state index < -0.39 is 0 Å². The summed E-state index contributed by atoms with van der Waals surface area (Å²) < 4.78 is 16.5. The van der Waals surface area contributed by atoms with Gasteiger partial charge in [0.05, 0.1) is 38.6 Å². The van der Waals surface area contributed by atoms with Crippen molar-refractivity contribution in [1.29, 1.82) is 5.26 Å². The molecule has 3 aromatic rings. The molecular formula is C24H23N3O3. The van der Waals surface area contributed by atoms with Crippen LogP contribution < -0.4 is 19.6 Å². The number of rotatable bonds is 9. The lowest BCUT2D eigenvalue weighted by molar-refractivity contribution is 0.306. The lowest BCUT2D eigenvalue weighted by Gasteiger charge is -2.10. The molecule has 0 aromatic heterocycles. The second-order valence-corrected chi connectivity index (χ2v) is 6.42. The Kier molecular flexibility index (Phi) is 7.28. The molecule has 0 atom stereocenters. The Hall–Kier alpha value is -3.98. The molecule has 152 valence electrons. The number of benzene rings is 3. The first-order valence-electron chi connectivity index (χ1n) is 9.41. The molecule has 0 fully saturated rings. The summed E-state index contributed by atoms with van der Waals surface area (Å²) in [7, 11) is 3.23. The van der Waals surface area contributed by atoms with Crippen molar-refractivity contribution >= 4 is 6.21 Å². The van der Waals surface area contributed by atoms with Crippen LogP contribution in [0, 0.1) is 11.3 Å². The molecule has 0 heterocycles. The van der Waals surface area contributed by atoms with E-state index in [1.807, 2.05) is 54.6 Å². The van der Waals surface area contributed by atoms with Gasteiger partial charge in [0.25, 0.3) is 0 Å². The van der Waals surface area contributed by atoms with Gasteiger partial charge < -0.3 is 19.6 Å². The zero-order valence-corrected chi connectivity index (χ0v) is 17.0. The van der Waals surface area contributed by atoms with Crippen molar-refractivity contribution in [3.63, 3.8) is 0 Å². The van der Waals surface area contributed by atoms with Crippen molar-refractivity contribution in [2.24, 2.45) is 5.10 Å². The standard InChI is InChI=1S/C24H23N3O3/c1-28-23-12-11-20(13-24(23)29-2)15-26-27-16-21-5-3-4-6-22(21)30-17-19-9-7-18(14-25)8-10-19/h3-13,16,26H,15,17H2,1-2H3/b27-16+. The summed E-state index contributed by atoms with van der Waals surface area (Å²) in [4.78, 5) is 0. The molecule has 0 aliphatic rings. The summed E-state index contributed by atoms with van der Waals surface area (Å²) in [5.41, 5.74) is 6.55. The average molecular weight is 401 g/mol. The highest BCUT2D eigenvalue weighted by molar-refractivity contribution is 5.83. The zero-order valence-electron chi connectivity index (χ0n) is 17.0. The van der Waals surface area contributed by atoms with Crippen LogP contribution >= 0.6 is 0 Å². The second kappa shape index (κ2) is 10.5. The topological polar surface area (TPSA) is 75.9 Å². The van der Waals surface area contributed by atoms with E-state index in [-0.39, 0.29) is 0 Å². The van der Waals surface area contributed by atoms with Crippen LogP contribution in [0.5, 0.6) is 17.2 Å². The minimum Gasteiger partial charge on any atom is -0.493 e. The highest BCUT2D eigenvalue weighted by atomic mass is 16.5. The lowest BCUT2D eigenvalue weighted by Crippen LogP contribution is -2.06. The predicted octanol–water partition coefficient (Wildman–Crippen LogP) is 4.28. The normalized spacial score (nSPS) is 10.4. The molecule has 0 amide bonds. The maximum Gasteiger partial charge on any atom is 0.161 e. The highest BCUT2D eigenvalue weighted by Gasteiger charge is 2.04. The van der Waals surface area contributed by atoms with Gasteiger partial charge in [-0.3, -0.25) is 0 Å². The Morgan fingerprint density at radius 3 is 2.37 bits per heavy atom. The quantitative estimate of drug-likeness (QED) is 0.428. The van der Waals surface area contributed by atoms with Crippen molar-refractivity contribution in [1.82, 2.24) is 5.43 Å². The molecule has 0 aliphatic heterocycles. The number of methoxy groups -OCH3 is 2. The van der Waals surface area contributed by atoms with Crippen LogP contribution in [0.3, 0.4) is 0 Å². The highest BCUT2D eigenvalue weighted by Crippen LogP contribution is 2.27. The van der Waals surface area contributed by atoms with Crippen molar-refractivity contribution in [3.8, 4) is 23.3 Å². The van der Waals surface area contributed by atoms with Gasteiger partial charge in [-0.1, -0.05) is 30.3 Å². The molecule has 3 rings (SSSR count). The van der Waals surface area contributed by atoms with Gasteiger partial charge in [-0.25, -0.2) is 0 Å². The van der Waals surface area contributed by atoms with Crippen molar-refractivity contribution in [2.45, 2.75) is 13.2 Å². The van der Waals surface area contributed by atoms with Crippen LogP contribution in [-0.2, 0) is 13.2 Å². The fourth-order valence-electron chi connectivity index (χ4n) is 2.80. The molecule has 0 saturated heterocycles. The number of para-hydroxylation sites is 1. The van der Waals surface area contributed by atoms with Crippen molar-refractivity contribution in [2.75, 3.05) is 14.2 Å². The van der Waals surface area contributed by atoms with Gasteiger partial charge in [-0.15, -0.1) is 0 Å². The molecule has 0 spiro atoms. The molecule has 0 unspecified atom stereocenters. The Morgan fingerprint density at radius 2 is 1.63 bits per heavy atom. The van der Waals surface area contributed by atoms with Crippen molar-refractivity contribution < 1.29 is 14.2 Å². The Labute approximate surface area is 176 Å². The number of hydrogen-bond acceptors (Lipinski definition) is 6. The van der Waals surface area contributed by atoms with E-state index in [1.165, 1.54) is 0 Å². The number of nitriles is 1. The SMILES string of the molecule is COc1ccc(CN/N=C/c2ccccc2OCc2ccc(C#N)cc2)cc1OC. The van der Waals surface area contributed by atoms with Gasteiger partial charge in [0, 0.05) is 5.56 Å². The van der Waals surface area contributed by atoms with Gasteiger partial charge in [0.2, 0.25) is 0 Å². The number of nitrogens with one attached hydrogen (secondary N) is 1. The largest absolute Gasteiger partial charge is 0.493 e. The Balaban J connectivity index is 1.59. The third-order valence-corrected chi connectivity index (χ3v) is 4.42. The maximum absolute atomic E-state index is 8.88. The number of hydrazone groups is 1. The van der Waals surface area contributed by atoms with Crippen molar-refractivity contribution in [3.05, 3.63) is 89.0 Å². The zero-order chi connectivity index (χ0) is 21.2. The van der Waals surface area contributed by atoms with Crippen LogP contribution in [-0.4, -0.2) is 20.4 Å². The molecule has 0 radical (unpaired) electrons. The first kappa shape index (κ1) is 20.7. The third kappa shape index (κ3) is 5.52. The van der Waals surface area contributed by atoms with E-state index in [2.05, 4.69) is 16.6 Å². The summed E-state index contributed by atoms with van der Waals surface area (Å²) in [6, 6.07) is 22.9. The first-order chi connectivity index (χ1) is 14.7. The Bertz CT molecular complexity index is 1040. The van der Waals surface area contributed by atoms with E-state index in [0.717, 1.165) is 22.4 Å². The van der Waals surface area contributed by atoms with E-state index in [0.29, 0.717) is 30.2 Å². The fraction of sp³-hybridized carbons (Fsp3) is 0.167. The minimum atomic E-state index is 0.412. The van der Waals surface area contributed by atoms with E-state index in [1.54, 1.807) is 32.6 Å². The molecule has 3 aromatic carbocycles. The smallest absolute Gasteiger partial charge is 0.161 e. The second-order valence-electron chi connectivity index (χ2n) is 6.42.